The van der Waals surface area contributed by atoms with Gasteiger partial charge < -0.3 is 4.74 Å². The number of hydrogen-bond donors (Lipinski definition) is 0. The Morgan fingerprint density at radius 2 is 1.85 bits per heavy atom. The number of rotatable bonds is 3. The maximum atomic E-state index is 12.0. The van der Waals surface area contributed by atoms with E-state index in [1.807, 2.05) is 42.5 Å². The van der Waals surface area contributed by atoms with E-state index in [1.165, 1.54) is 0 Å². The minimum atomic E-state index is -0.320. The lowest BCUT2D eigenvalue weighted by atomic mass is 10.1. The zero-order chi connectivity index (χ0) is 13.8. The van der Waals surface area contributed by atoms with Crippen LogP contribution in [0.4, 0.5) is 0 Å². The van der Waals surface area contributed by atoms with E-state index in [9.17, 15) is 4.79 Å². The van der Waals surface area contributed by atoms with Gasteiger partial charge in [-0.2, -0.15) is 0 Å². The van der Waals surface area contributed by atoms with Gasteiger partial charge in [-0.25, -0.2) is 4.79 Å². The normalized spacial score (nSPS) is 10.4. The number of carbonyl (C=O) groups excluding carboxylic acids is 1. The highest BCUT2D eigenvalue weighted by Crippen LogP contribution is 2.15. The summed E-state index contributed by atoms with van der Waals surface area (Å²) in [5.41, 5.74) is 1.52. The molecule has 2 aromatic carbocycles. The summed E-state index contributed by atoms with van der Waals surface area (Å²) in [5.74, 6) is -0.320. The number of fused-ring (bicyclic) bond motifs is 1. The molecule has 0 unspecified atom stereocenters. The van der Waals surface area contributed by atoms with Gasteiger partial charge in [-0.05, 0) is 29.1 Å². The van der Waals surface area contributed by atoms with Crippen LogP contribution in [0.1, 0.15) is 15.9 Å². The van der Waals surface area contributed by atoms with E-state index in [4.69, 9.17) is 4.74 Å². The van der Waals surface area contributed by atoms with E-state index in [0.717, 1.165) is 16.3 Å². The predicted octanol–water partition coefficient (Wildman–Crippen LogP) is 3.59. The molecule has 0 aliphatic heterocycles. The van der Waals surface area contributed by atoms with Crippen molar-refractivity contribution in [3.05, 3.63) is 78.1 Å². The van der Waals surface area contributed by atoms with Gasteiger partial charge in [0.2, 0.25) is 0 Å². The summed E-state index contributed by atoms with van der Waals surface area (Å²) >= 11 is 0. The van der Waals surface area contributed by atoms with Crippen molar-refractivity contribution in [2.75, 3.05) is 0 Å². The fourth-order valence-electron chi connectivity index (χ4n) is 2.02. The molecule has 0 aliphatic rings. The Bertz CT molecular complexity index is 738. The second kappa shape index (κ2) is 5.53. The molecule has 0 atom stereocenters. The molecular formula is C17H13NO2. The van der Waals surface area contributed by atoms with Gasteiger partial charge in [0, 0.05) is 17.8 Å². The highest BCUT2D eigenvalue weighted by molar-refractivity contribution is 5.95. The van der Waals surface area contributed by atoms with Gasteiger partial charge in [-0.15, -0.1) is 0 Å². The largest absolute Gasteiger partial charge is 0.457 e. The lowest BCUT2D eigenvalue weighted by Crippen LogP contribution is -2.05. The number of esters is 1. The van der Waals surface area contributed by atoms with E-state index in [2.05, 4.69) is 4.98 Å². The minimum absolute atomic E-state index is 0.282. The molecule has 3 nitrogen and oxygen atoms in total. The Morgan fingerprint density at radius 3 is 2.70 bits per heavy atom. The monoisotopic (exact) mass is 263 g/mol. The van der Waals surface area contributed by atoms with Crippen molar-refractivity contribution in [1.82, 2.24) is 4.98 Å². The van der Waals surface area contributed by atoms with E-state index in [0.29, 0.717) is 5.56 Å². The number of pyridine rings is 1. The van der Waals surface area contributed by atoms with Crippen molar-refractivity contribution >= 4 is 16.7 Å². The van der Waals surface area contributed by atoms with Crippen LogP contribution in [0.2, 0.25) is 0 Å². The third-order valence-electron chi connectivity index (χ3n) is 3.09. The van der Waals surface area contributed by atoms with E-state index < -0.39 is 0 Å². The number of benzene rings is 2. The van der Waals surface area contributed by atoms with Crippen molar-refractivity contribution < 1.29 is 9.53 Å². The van der Waals surface area contributed by atoms with Crippen LogP contribution < -0.4 is 0 Å². The maximum Gasteiger partial charge on any atom is 0.338 e. The fraction of sp³-hybridized carbons (Fsp3) is 0.0588. The molecule has 0 aliphatic carbocycles. The van der Waals surface area contributed by atoms with Gasteiger partial charge in [0.25, 0.3) is 0 Å². The Hall–Kier alpha value is -2.68. The number of hydrogen-bond acceptors (Lipinski definition) is 3. The number of ether oxygens (including phenoxy) is 1. The van der Waals surface area contributed by atoms with Gasteiger partial charge in [-0.3, -0.25) is 4.98 Å². The summed E-state index contributed by atoms with van der Waals surface area (Å²) < 4.78 is 5.30. The zero-order valence-corrected chi connectivity index (χ0v) is 10.8. The Balaban J connectivity index is 1.75. The molecule has 0 saturated heterocycles. The zero-order valence-electron chi connectivity index (χ0n) is 10.8. The molecule has 1 heterocycles. The van der Waals surface area contributed by atoms with Gasteiger partial charge >= 0.3 is 5.97 Å². The highest BCUT2D eigenvalue weighted by atomic mass is 16.5. The molecule has 1 aromatic heterocycles. The lowest BCUT2D eigenvalue weighted by molar-refractivity contribution is 0.0473. The average Bonchev–Trinajstić information content (AvgIpc) is 2.53. The predicted molar refractivity (Wildman–Crippen MR) is 77.3 cm³/mol. The Labute approximate surface area is 116 Å². The smallest absolute Gasteiger partial charge is 0.338 e. The van der Waals surface area contributed by atoms with Crippen molar-refractivity contribution in [1.29, 1.82) is 0 Å². The molecule has 0 amide bonds. The number of aromatic nitrogens is 1. The first-order chi connectivity index (χ1) is 9.83. The van der Waals surface area contributed by atoms with Crippen LogP contribution in [0.25, 0.3) is 10.8 Å². The Kier molecular flexibility index (Phi) is 3.42. The quantitative estimate of drug-likeness (QED) is 0.678. The van der Waals surface area contributed by atoms with Gasteiger partial charge in [0.1, 0.15) is 6.61 Å². The van der Waals surface area contributed by atoms with E-state index >= 15 is 0 Å². The fourth-order valence-corrected chi connectivity index (χ4v) is 2.02. The highest BCUT2D eigenvalue weighted by Gasteiger charge is 2.08. The molecule has 98 valence electrons. The molecule has 3 rings (SSSR count). The van der Waals surface area contributed by atoms with Gasteiger partial charge in [0.15, 0.2) is 0 Å². The van der Waals surface area contributed by atoms with Crippen LogP contribution in [0.15, 0.2) is 67.0 Å². The molecule has 0 radical (unpaired) electrons. The third kappa shape index (κ3) is 2.67. The molecule has 0 N–H and O–H groups in total. The lowest BCUT2D eigenvalue weighted by Gasteiger charge is -2.05. The Morgan fingerprint density at radius 1 is 1.00 bits per heavy atom. The summed E-state index contributed by atoms with van der Waals surface area (Å²) in [4.78, 5) is 16.1. The summed E-state index contributed by atoms with van der Waals surface area (Å²) in [6.45, 7) is 0.282. The van der Waals surface area contributed by atoms with Crippen molar-refractivity contribution in [3.8, 4) is 0 Å². The summed E-state index contributed by atoms with van der Waals surface area (Å²) in [7, 11) is 0. The first-order valence-corrected chi connectivity index (χ1v) is 6.38. The molecule has 0 fully saturated rings. The van der Waals surface area contributed by atoms with Gasteiger partial charge in [-0.1, -0.05) is 36.4 Å². The van der Waals surface area contributed by atoms with Crippen LogP contribution in [0.5, 0.6) is 0 Å². The number of nitrogens with zero attached hydrogens (tertiary/aromatic N) is 1. The number of carbonyl (C=O) groups is 1. The first kappa shape index (κ1) is 12.4. The second-order valence-electron chi connectivity index (χ2n) is 4.50. The van der Waals surface area contributed by atoms with Gasteiger partial charge in [0.05, 0.1) is 5.56 Å². The average molecular weight is 263 g/mol. The molecule has 3 aromatic rings. The van der Waals surface area contributed by atoms with Crippen molar-refractivity contribution in [2.24, 2.45) is 0 Å². The van der Waals surface area contributed by atoms with E-state index in [1.54, 1.807) is 24.5 Å². The van der Waals surface area contributed by atoms with Crippen LogP contribution in [0, 0.1) is 0 Å². The third-order valence-corrected chi connectivity index (χ3v) is 3.09. The minimum Gasteiger partial charge on any atom is -0.457 e. The molecule has 0 saturated carbocycles. The standard InChI is InChI=1S/C17H13NO2/c19-17(20-12-13-4-2-1-3-5-13)15-7-6-14-8-9-18-11-16(14)10-15/h1-11H,12H2. The summed E-state index contributed by atoms with van der Waals surface area (Å²) in [6.07, 6.45) is 3.47. The molecular weight excluding hydrogens is 250 g/mol. The first-order valence-electron chi connectivity index (χ1n) is 6.38. The SMILES string of the molecule is O=C(OCc1ccccc1)c1ccc2ccncc2c1. The van der Waals surface area contributed by atoms with E-state index in [-0.39, 0.29) is 12.6 Å². The van der Waals surface area contributed by atoms with Crippen LogP contribution in [0.3, 0.4) is 0 Å². The van der Waals surface area contributed by atoms with Crippen molar-refractivity contribution in [3.63, 3.8) is 0 Å². The van der Waals surface area contributed by atoms with Crippen LogP contribution in [-0.4, -0.2) is 11.0 Å². The molecule has 20 heavy (non-hydrogen) atoms. The van der Waals surface area contributed by atoms with Crippen LogP contribution in [-0.2, 0) is 11.3 Å². The topological polar surface area (TPSA) is 39.2 Å². The summed E-state index contributed by atoms with van der Waals surface area (Å²) in [6, 6.07) is 17.0. The van der Waals surface area contributed by atoms with Crippen molar-refractivity contribution in [2.45, 2.75) is 6.61 Å². The maximum absolute atomic E-state index is 12.0. The molecule has 3 heteroatoms. The summed E-state index contributed by atoms with van der Waals surface area (Å²) in [5, 5.41) is 1.99. The molecule has 0 bridgehead atoms. The van der Waals surface area contributed by atoms with Crippen LogP contribution >= 0.6 is 0 Å². The second-order valence-corrected chi connectivity index (χ2v) is 4.50. The molecule has 0 spiro atoms.